The Balaban J connectivity index is 4.92. The van der Waals surface area contributed by atoms with Crippen molar-refractivity contribution >= 4 is 29.7 Å². The predicted molar refractivity (Wildman–Crippen MR) is 94.9 cm³/mol. The SMILES string of the molecule is COC(=O)[C@H](CC(C)C)NC(=O)[C@H](CSC)NC(=O)OC(C)(C)C. The quantitative estimate of drug-likeness (QED) is 0.641. The zero-order chi connectivity index (χ0) is 18.9. The van der Waals surface area contributed by atoms with E-state index in [0.717, 1.165) is 0 Å². The fourth-order valence-corrected chi connectivity index (χ4v) is 2.47. The average molecular weight is 362 g/mol. The topological polar surface area (TPSA) is 93.7 Å². The van der Waals surface area contributed by atoms with E-state index in [1.807, 2.05) is 20.1 Å². The van der Waals surface area contributed by atoms with E-state index in [0.29, 0.717) is 12.2 Å². The number of hydrogen-bond donors (Lipinski definition) is 2. The van der Waals surface area contributed by atoms with Gasteiger partial charge < -0.3 is 20.1 Å². The number of esters is 1. The molecule has 0 aromatic rings. The zero-order valence-electron chi connectivity index (χ0n) is 15.6. The Labute approximate surface area is 148 Å². The molecule has 0 saturated carbocycles. The summed E-state index contributed by atoms with van der Waals surface area (Å²) >= 11 is 1.41. The summed E-state index contributed by atoms with van der Waals surface area (Å²) in [7, 11) is 1.28. The Bertz CT molecular complexity index is 435. The van der Waals surface area contributed by atoms with Crippen LogP contribution in [0.5, 0.6) is 0 Å². The summed E-state index contributed by atoms with van der Waals surface area (Å²) in [6.07, 6.45) is 1.61. The molecule has 2 N–H and O–H groups in total. The van der Waals surface area contributed by atoms with Crippen molar-refractivity contribution in [2.24, 2.45) is 5.92 Å². The number of amides is 2. The summed E-state index contributed by atoms with van der Waals surface area (Å²) in [6.45, 7) is 9.12. The zero-order valence-corrected chi connectivity index (χ0v) is 16.4. The molecular weight excluding hydrogens is 332 g/mol. The first kappa shape index (κ1) is 22.6. The standard InChI is InChI=1S/C16H30N2O5S/c1-10(2)8-11(14(20)22-6)17-13(19)12(9-24-7)18-15(21)23-16(3,4)5/h10-12H,8-9H2,1-7H3,(H,17,19)(H,18,21)/t11-,12-/m0/s1. The number of rotatable bonds is 8. The van der Waals surface area contributed by atoms with Crippen molar-refractivity contribution in [3.63, 3.8) is 0 Å². The molecule has 0 unspecified atom stereocenters. The molecule has 0 aromatic carbocycles. The molecule has 0 spiro atoms. The molecule has 0 aliphatic rings. The molecule has 2 amide bonds. The second-order valence-corrected chi connectivity index (χ2v) is 7.78. The van der Waals surface area contributed by atoms with E-state index < -0.39 is 35.7 Å². The van der Waals surface area contributed by atoms with Crippen LogP contribution in [0.3, 0.4) is 0 Å². The molecule has 24 heavy (non-hydrogen) atoms. The molecule has 0 aromatic heterocycles. The largest absolute Gasteiger partial charge is 0.467 e. The molecule has 7 nitrogen and oxygen atoms in total. The Kier molecular flexibility index (Phi) is 9.80. The van der Waals surface area contributed by atoms with Gasteiger partial charge in [-0.3, -0.25) is 4.79 Å². The fraction of sp³-hybridized carbons (Fsp3) is 0.812. The molecule has 0 saturated heterocycles. The molecule has 0 heterocycles. The van der Waals surface area contributed by atoms with Crippen molar-refractivity contribution < 1.29 is 23.9 Å². The van der Waals surface area contributed by atoms with Gasteiger partial charge in [-0.15, -0.1) is 0 Å². The number of carbonyl (C=O) groups is 3. The Morgan fingerprint density at radius 2 is 1.67 bits per heavy atom. The highest BCUT2D eigenvalue weighted by molar-refractivity contribution is 7.98. The van der Waals surface area contributed by atoms with Crippen LogP contribution in [0.25, 0.3) is 0 Å². The van der Waals surface area contributed by atoms with Gasteiger partial charge in [-0.2, -0.15) is 11.8 Å². The normalized spacial score (nSPS) is 13.8. The van der Waals surface area contributed by atoms with E-state index in [4.69, 9.17) is 9.47 Å². The number of hydrogen-bond acceptors (Lipinski definition) is 6. The van der Waals surface area contributed by atoms with Crippen LogP contribution in [0.1, 0.15) is 41.0 Å². The number of methoxy groups -OCH3 is 1. The molecule has 0 aliphatic carbocycles. The van der Waals surface area contributed by atoms with E-state index in [1.54, 1.807) is 20.8 Å². The van der Waals surface area contributed by atoms with Crippen molar-refractivity contribution in [1.29, 1.82) is 0 Å². The summed E-state index contributed by atoms with van der Waals surface area (Å²) in [4.78, 5) is 36.2. The van der Waals surface area contributed by atoms with Gasteiger partial charge in [-0.05, 0) is 39.4 Å². The maximum absolute atomic E-state index is 12.4. The lowest BCUT2D eigenvalue weighted by Gasteiger charge is -2.25. The summed E-state index contributed by atoms with van der Waals surface area (Å²) in [6, 6.07) is -1.54. The molecule has 0 fully saturated rings. The third kappa shape index (κ3) is 9.64. The van der Waals surface area contributed by atoms with Gasteiger partial charge in [0.15, 0.2) is 0 Å². The Hall–Kier alpha value is -1.44. The van der Waals surface area contributed by atoms with Gasteiger partial charge in [0.1, 0.15) is 17.7 Å². The van der Waals surface area contributed by atoms with Crippen LogP contribution in [0.2, 0.25) is 0 Å². The highest BCUT2D eigenvalue weighted by atomic mass is 32.2. The summed E-state index contributed by atoms with van der Waals surface area (Å²) in [5, 5.41) is 5.20. The van der Waals surface area contributed by atoms with Gasteiger partial charge in [0.25, 0.3) is 0 Å². The first-order valence-electron chi connectivity index (χ1n) is 7.86. The van der Waals surface area contributed by atoms with Crippen LogP contribution in [0.15, 0.2) is 0 Å². The average Bonchev–Trinajstić information content (AvgIpc) is 2.42. The first-order valence-corrected chi connectivity index (χ1v) is 9.26. The molecule has 2 atom stereocenters. The first-order chi connectivity index (χ1) is 11.0. The van der Waals surface area contributed by atoms with Crippen LogP contribution in [-0.2, 0) is 19.1 Å². The number of carbonyl (C=O) groups excluding carboxylic acids is 3. The molecule has 0 rings (SSSR count). The van der Waals surface area contributed by atoms with Gasteiger partial charge >= 0.3 is 12.1 Å². The molecule has 0 radical (unpaired) electrons. The number of alkyl carbamates (subject to hydrolysis) is 1. The molecule has 8 heteroatoms. The van der Waals surface area contributed by atoms with Crippen LogP contribution < -0.4 is 10.6 Å². The maximum atomic E-state index is 12.4. The Morgan fingerprint density at radius 3 is 2.08 bits per heavy atom. The lowest BCUT2D eigenvalue weighted by atomic mass is 10.0. The van der Waals surface area contributed by atoms with Crippen LogP contribution in [0.4, 0.5) is 4.79 Å². The maximum Gasteiger partial charge on any atom is 0.408 e. The minimum absolute atomic E-state index is 0.201. The van der Waals surface area contributed by atoms with Crippen molar-refractivity contribution in [3.05, 3.63) is 0 Å². The predicted octanol–water partition coefficient (Wildman–Crippen LogP) is 1.95. The van der Waals surface area contributed by atoms with Gasteiger partial charge in [0.05, 0.1) is 7.11 Å². The highest BCUT2D eigenvalue weighted by Crippen LogP contribution is 2.09. The lowest BCUT2D eigenvalue weighted by molar-refractivity contribution is -0.145. The van der Waals surface area contributed by atoms with E-state index >= 15 is 0 Å². The monoisotopic (exact) mass is 362 g/mol. The fourth-order valence-electron chi connectivity index (χ4n) is 1.90. The van der Waals surface area contributed by atoms with Gasteiger partial charge in [0.2, 0.25) is 5.91 Å². The van der Waals surface area contributed by atoms with Gasteiger partial charge in [-0.1, -0.05) is 13.8 Å². The molecular formula is C16H30N2O5S. The minimum Gasteiger partial charge on any atom is -0.467 e. The van der Waals surface area contributed by atoms with Gasteiger partial charge in [-0.25, -0.2) is 9.59 Å². The second kappa shape index (κ2) is 10.4. The van der Waals surface area contributed by atoms with E-state index in [2.05, 4.69) is 10.6 Å². The van der Waals surface area contributed by atoms with Crippen molar-refractivity contribution in [3.8, 4) is 0 Å². The van der Waals surface area contributed by atoms with E-state index in [1.165, 1.54) is 18.9 Å². The molecule has 0 bridgehead atoms. The highest BCUT2D eigenvalue weighted by Gasteiger charge is 2.28. The summed E-state index contributed by atoms with van der Waals surface area (Å²) in [5.41, 5.74) is -0.656. The number of thioether (sulfide) groups is 1. The van der Waals surface area contributed by atoms with Crippen molar-refractivity contribution in [2.75, 3.05) is 19.1 Å². The van der Waals surface area contributed by atoms with Gasteiger partial charge in [0, 0.05) is 5.75 Å². The Morgan fingerprint density at radius 1 is 1.08 bits per heavy atom. The summed E-state index contributed by atoms with van der Waals surface area (Å²) < 4.78 is 9.90. The molecule has 0 aliphatic heterocycles. The molecule has 140 valence electrons. The van der Waals surface area contributed by atoms with Crippen molar-refractivity contribution in [1.82, 2.24) is 10.6 Å². The van der Waals surface area contributed by atoms with E-state index in [-0.39, 0.29) is 5.92 Å². The van der Waals surface area contributed by atoms with E-state index in [9.17, 15) is 14.4 Å². The second-order valence-electron chi connectivity index (χ2n) is 6.87. The lowest BCUT2D eigenvalue weighted by Crippen LogP contribution is -2.53. The minimum atomic E-state index is -0.797. The summed E-state index contributed by atoms with van der Waals surface area (Å²) in [5.74, 6) is -0.378. The number of ether oxygens (including phenoxy) is 2. The van der Waals surface area contributed by atoms with Crippen molar-refractivity contribution in [2.45, 2.75) is 58.7 Å². The number of nitrogens with one attached hydrogen (secondary N) is 2. The van der Waals surface area contributed by atoms with Crippen LogP contribution in [-0.4, -0.2) is 54.8 Å². The third-order valence-electron chi connectivity index (χ3n) is 2.85. The van der Waals surface area contributed by atoms with Crippen LogP contribution >= 0.6 is 11.8 Å². The smallest absolute Gasteiger partial charge is 0.408 e. The third-order valence-corrected chi connectivity index (χ3v) is 3.52. The van der Waals surface area contributed by atoms with Crippen LogP contribution in [0, 0.1) is 5.92 Å².